The predicted octanol–water partition coefficient (Wildman–Crippen LogP) is 3.21. The van der Waals surface area contributed by atoms with E-state index in [4.69, 9.17) is 0 Å². The van der Waals surface area contributed by atoms with Gasteiger partial charge in [0.1, 0.15) is 0 Å². The zero-order valence-corrected chi connectivity index (χ0v) is 8.34. The van der Waals surface area contributed by atoms with Gasteiger partial charge in [0.2, 0.25) is 0 Å². The molecule has 11 heavy (non-hydrogen) atoms. The molecule has 0 radical (unpaired) electrons. The van der Waals surface area contributed by atoms with Crippen LogP contribution in [0.5, 0.6) is 0 Å². The topological polar surface area (TPSA) is 0 Å². The quantitative estimate of drug-likeness (QED) is 0.494. The summed E-state index contributed by atoms with van der Waals surface area (Å²) in [5.41, 5.74) is 3.23. The van der Waals surface area contributed by atoms with Gasteiger partial charge in [0.25, 0.3) is 0 Å². The van der Waals surface area contributed by atoms with Crippen molar-refractivity contribution in [3.8, 4) is 0 Å². The first-order chi connectivity index (χ1) is 5.32. The monoisotopic (exact) mass is 256 g/mol. The van der Waals surface area contributed by atoms with E-state index in [-0.39, 0.29) is 0 Å². The van der Waals surface area contributed by atoms with Gasteiger partial charge in [0.15, 0.2) is 0 Å². The Balaban J connectivity index is 2.23. The second-order valence-electron chi connectivity index (χ2n) is 3.54. The van der Waals surface area contributed by atoms with Gasteiger partial charge >= 0.3 is 0 Å². The first kappa shape index (κ1) is 6.46. The summed E-state index contributed by atoms with van der Waals surface area (Å²) in [5.74, 6) is 0.902. The van der Waals surface area contributed by atoms with Crippen molar-refractivity contribution in [1.82, 2.24) is 0 Å². The summed E-state index contributed by atoms with van der Waals surface area (Å²) in [7, 11) is 0. The molecule has 0 amide bonds. The van der Waals surface area contributed by atoms with E-state index in [1.807, 2.05) is 0 Å². The average molecular weight is 256 g/mol. The number of hydrogen-bond donors (Lipinski definition) is 0. The summed E-state index contributed by atoms with van der Waals surface area (Å²) in [6, 6.07) is 8.90. The van der Waals surface area contributed by atoms with Crippen molar-refractivity contribution >= 4 is 22.6 Å². The standard InChI is InChI=1S/C10H9I/c11-10-6-5-9(10)7-3-1-2-4-8(7)10/h1-4,9H,5-6H2/t9?,10-/m1/s1. The van der Waals surface area contributed by atoms with Gasteiger partial charge in [-0.2, -0.15) is 0 Å². The third kappa shape index (κ3) is 0.579. The lowest BCUT2D eigenvalue weighted by atomic mass is 9.56. The molecule has 0 heterocycles. The normalized spacial score (nSPS) is 38.1. The highest BCUT2D eigenvalue weighted by atomic mass is 127. The van der Waals surface area contributed by atoms with Gasteiger partial charge in [0, 0.05) is 5.92 Å². The smallest absolute Gasteiger partial charge is 0.0541 e. The van der Waals surface area contributed by atoms with Crippen LogP contribution in [-0.2, 0) is 3.42 Å². The number of rotatable bonds is 0. The minimum Gasteiger partial charge on any atom is -0.0730 e. The Morgan fingerprint density at radius 3 is 2.82 bits per heavy atom. The van der Waals surface area contributed by atoms with E-state index in [0.29, 0.717) is 3.42 Å². The molecule has 1 aromatic carbocycles. The molecule has 1 fully saturated rings. The Morgan fingerprint density at radius 2 is 2.18 bits per heavy atom. The Kier molecular flexibility index (Phi) is 1.07. The lowest BCUT2D eigenvalue weighted by molar-refractivity contribution is 0.273. The number of benzene rings is 1. The molecular formula is C10H9I. The maximum Gasteiger partial charge on any atom is 0.0541 e. The fourth-order valence-corrected chi connectivity index (χ4v) is 3.82. The largest absolute Gasteiger partial charge is 0.0730 e. The van der Waals surface area contributed by atoms with E-state index in [9.17, 15) is 0 Å². The Bertz CT molecular complexity index is 318. The van der Waals surface area contributed by atoms with Crippen LogP contribution < -0.4 is 0 Å². The molecule has 0 saturated heterocycles. The molecule has 0 N–H and O–H groups in total. The molecule has 0 nitrogen and oxygen atoms in total. The fourth-order valence-electron chi connectivity index (χ4n) is 2.37. The van der Waals surface area contributed by atoms with E-state index in [2.05, 4.69) is 46.9 Å². The van der Waals surface area contributed by atoms with Gasteiger partial charge in [-0.25, -0.2) is 0 Å². The molecule has 2 aliphatic carbocycles. The predicted molar refractivity (Wildman–Crippen MR) is 54.1 cm³/mol. The van der Waals surface area contributed by atoms with Crippen LogP contribution in [0.15, 0.2) is 24.3 Å². The first-order valence-corrected chi connectivity index (χ1v) is 5.18. The third-order valence-corrected chi connectivity index (χ3v) is 5.01. The maximum atomic E-state index is 2.63. The lowest BCUT2D eigenvalue weighted by Gasteiger charge is -2.56. The van der Waals surface area contributed by atoms with Gasteiger partial charge in [0.05, 0.1) is 3.42 Å². The average Bonchev–Trinajstić information content (AvgIpc) is 2.03. The van der Waals surface area contributed by atoms with Crippen molar-refractivity contribution in [3.05, 3.63) is 35.4 Å². The fraction of sp³-hybridized carbons (Fsp3) is 0.400. The minimum atomic E-state index is 0.564. The van der Waals surface area contributed by atoms with Gasteiger partial charge in [-0.3, -0.25) is 0 Å². The van der Waals surface area contributed by atoms with Crippen molar-refractivity contribution in [2.24, 2.45) is 0 Å². The Hall–Kier alpha value is -0.0500. The summed E-state index contributed by atoms with van der Waals surface area (Å²) in [6.45, 7) is 0. The highest BCUT2D eigenvalue weighted by molar-refractivity contribution is 14.1. The number of hydrogen-bond acceptors (Lipinski definition) is 0. The minimum absolute atomic E-state index is 0.564. The number of fused-ring (bicyclic) bond motifs is 4. The summed E-state index contributed by atoms with van der Waals surface area (Å²) in [4.78, 5) is 0. The summed E-state index contributed by atoms with van der Waals surface area (Å²) < 4.78 is 0.564. The van der Waals surface area contributed by atoms with Crippen LogP contribution >= 0.6 is 22.6 Å². The van der Waals surface area contributed by atoms with Gasteiger partial charge in [-0.1, -0.05) is 46.9 Å². The van der Waals surface area contributed by atoms with E-state index < -0.39 is 0 Å². The van der Waals surface area contributed by atoms with Crippen LogP contribution in [0.4, 0.5) is 0 Å². The molecule has 1 aromatic rings. The van der Waals surface area contributed by atoms with E-state index >= 15 is 0 Å². The van der Waals surface area contributed by atoms with Crippen LogP contribution in [-0.4, -0.2) is 0 Å². The SMILES string of the molecule is I[C@@]12CCC1c1ccccc12. The van der Waals surface area contributed by atoms with Crippen molar-refractivity contribution in [2.75, 3.05) is 0 Å². The Labute approximate surface area is 80.1 Å². The molecule has 3 rings (SSSR count). The third-order valence-electron chi connectivity index (χ3n) is 3.13. The zero-order valence-electron chi connectivity index (χ0n) is 6.18. The second-order valence-corrected chi connectivity index (χ2v) is 5.47. The number of alkyl halides is 1. The molecule has 56 valence electrons. The van der Waals surface area contributed by atoms with Crippen LogP contribution in [0.3, 0.4) is 0 Å². The molecule has 0 bridgehead atoms. The van der Waals surface area contributed by atoms with Crippen molar-refractivity contribution in [1.29, 1.82) is 0 Å². The molecular weight excluding hydrogens is 247 g/mol. The van der Waals surface area contributed by atoms with E-state index in [1.165, 1.54) is 12.8 Å². The Morgan fingerprint density at radius 1 is 1.36 bits per heavy atom. The first-order valence-electron chi connectivity index (χ1n) is 4.11. The van der Waals surface area contributed by atoms with Crippen LogP contribution in [0.2, 0.25) is 0 Å². The summed E-state index contributed by atoms with van der Waals surface area (Å²) in [5, 5.41) is 0. The highest BCUT2D eigenvalue weighted by Crippen LogP contribution is 2.68. The molecule has 1 heteroatoms. The molecule has 1 saturated carbocycles. The molecule has 0 aliphatic heterocycles. The number of halogens is 1. The van der Waals surface area contributed by atoms with E-state index in [1.54, 1.807) is 11.1 Å². The van der Waals surface area contributed by atoms with E-state index in [0.717, 1.165) is 5.92 Å². The molecule has 1 unspecified atom stereocenters. The molecule has 0 aromatic heterocycles. The van der Waals surface area contributed by atoms with Gasteiger partial charge < -0.3 is 0 Å². The zero-order chi connectivity index (χ0) is 7.47. The van der Waals surface area contributed by atoms with Crippen molar-refractivity contribution < 1.29 is 0 Å². The molecule has 0 spiro atoms. The van der Waals surface area contributed by atoms with Crippen molar-refractivity contribution in [3.63, 3.8) is 0 Å². The maximum absolute atomic E-state index is 2.63. The summed E-state index contributed by atoms with van der Waals surface area (Å²) in [6.07, 6.45) is 2.81. The molecule has 2 aliphatic rings. The van der Waals surface area contributed by atoms with Crippen LogP contribution in [0.25, 0.3) is 0 Å². The second kappa shape index (κ2) is 1.82. The molecule has 2 atom stereocenters. The van der Waals surface area contributed by atoms with Crippen LogP contribution in [0, 0.1) is 0 Å². The van der Waals surface area contributed by atoms with Crippen LogP contribution in [0.1, 0.15) is 29.9 Å². The summed E-state index contributed by atoms with van der Waals surface area (Å²) >= 11 is 2.63. The van der Waals surface area contributed by atoms with Crippen molar-refractivity contribution in [2.45, 2.75) is 22.2 Å². The lowest BCUT2D eigenvalue weighted by Crippen LogP contribution is -2.46. The highest BCUT2D eigenvalue weighted by Gasteiger charge is 2.55. The van der Waals surface area contributed by atoms with Gasteiger partial charge in [-0.15, -0.1) is 0 Å². The van der Waals surface area contributed by atoms with Gasteiger partial charge in [-0.05, 0) is 24.0 Å².